The topological polar surface area (TPSA) is 29.5 Å². The third kappa shape index (κ3) is 4.90. The average molecular weight is 654 g/mol. The van der Waals surface area contributed by atoms with Crippen molar-refractivity contribution in [2.75, 3.05) is 4.90 Å². The molecule has 0 aliphatic carbocycles. The first-order chi connectivity index (χ1) is 25.3. The highest BCUT2D eigenvalue weighted by Gasteiger charge is 2.25. The third-order valence-electron chi connectivity index (χ3n) is 9.89. The zero-order valence-electron chi connectivity index (χ0n) is 27.7. The molecule has 0 fully saturated rings. The van der Waals surface area contributed by atoms with Gasteiger partial charge in [0.25, 0.3) is 0 Å². The molecule has 51 heavy (non-hydrogen) atoms. The Bertz CT molecular complexity index is 2850. The SMILES string of the molecule is c1ccc(-c2ccccc2N(c2ccc(-c3ccc4oc5ccccc5c4c3)cc2)c2c(-c3ccccc3)ccc3c2oc2ccccc23)cc1. The van der Waals surface area contributed by atoms with E-state index in [1.165, 1.54) is 0 Å². The number of benzene rings is 8. The summed E-state index contributed by atoms with van der Waals surface area (Å²) in [6, 6.07) is 66.2. The Labute approximate surface area is 295 Å². The number of furan rings is 2. The molecule has 0 aliphatic rings. The van der Waals surface area contributed by atoms with Crippen LogP contribution in [0.15, 0.2) is 197 Å². The Morgan fingerprint density at radius 3 is 1.65 bits per heavy atom. The van der Waals surface area contributed by atoms with E-state index >= 15 is 0 Å². The number of hydrogen-bond donors (Lipinski definition) is 0. The zero-order chi connectivity index (χ0) is 33.7. The number of rotatable bonds is 6. The van der Waals surface area contributed by atoms with Gasteiger partial charge in [0, 0.05) is 38.4 Å². The van der Waals surface area contributed by atoms with E-state index in [0.717, 1.165) is 94.3 Å². The highest BCUT2D eigenvalue weighted by atomic mass is 16.3. The van der Waals surface area contributed by atoms with Crippen molar-refractivity contribution in [3.05, 3.63) is 188 Å². The maximum atomic E-state index is 6.83. The van der Waals surface area contributed by atoms with Crippen LogP contribution in [0.2, 0.25) is 0 Å². The molecule has 0 saturated heterocycles. The minimum atomic E-state index is 0.849. The van der Waals surface area contributed by atoms with E-state index in [-0.39, 0.29) is 0 Å². The number of fused-ring (bicyclic) bond motifs is 6. The minimum Gasteiger partial charge on any atom is -0.456 e. The van der Waals surface area contributed by atoms with Crippen molar-refractivity contribution >= 4 is 60.9 Å². The smallest absolute Gasteiger partial charge is 0.160 e. The molecule has 0 spiro atoms. The van der Waals surface area contributed by atoms with E-state index < -0.39 is 0 Å². The summed E-state index contributed by atoms with van der Waals surface area (Å²) in [7, 11) is 0. The monoisotopic (exact) mass is 653 g/mol. The molecule has 2 heterocycles. The van der Waals surface area contributed by atoms with Crippen LogP contribution in [0.1, 0.15) is 0 Å². The summed E-state index contributed by atoms with van der Waals surface area (Å²) in [5.41, 5.74) is 13.4. The molecule has 3 heteroatoms. The normalized spacial score (nSPS) is 11.5. The van der Waals surface area contributed by atoms with Crippen molar-refractivity contribution in [3.8, 4) is 33.4 Å². The molecule has 0 radical (unpaired) electrons. The molecular weight excluding hydrogens is 623 g/mol. The van der Waals surface area contributed by atoms with Gasteiger partial charge in [0.05, 0.1) is 11.4 Å². The van der Waals surface area contributed by atoms with E-state index in [0.29, 0.717) is 0 Å². The summed E-state index contributed by atoms with van der Waals surface area (Å²) in [6.45, 7) is 0. The Morgan fingerprint density at radius 1 is 0.333 bits per heavy atom. The van der Waals surface area contributed by atoms with E-state index in [4.69, 9.17) is 8.83 Å². The Kier molecular flexibility index (Phi) is 6.81. The highest BCUT2D eigenvalue weighted by Crippen LogP contribution is 2.49. The summed E-state index contributed by atoms with van der Waals surface area (Å²) in [4.78, 5) is 2.38. The minimum absolute atomic E-state index is 0.849. The predicted octanol–water partition coefficient (Wildman–Crippen LogP) is 14.0. The molecular formula is C48H31NO2. The Morgan fingerprint density at radius 2 is 0.902 bits per heavy atom. The molecule has 8 aromatic carbocycles. The molecule has 0 saturated carbocycles. The fourth-order valence-electron chi connectivity index (χ4n) is 7.48. The van der Waals surface area contributed by atoms with E-state index in [1.807, 2.05) is 18.2 Å². The summed E-state index contributed by atoms with van der Waals surface area (Å²) >= 11 is 0. The molecule has 0 unspecified atom stereocenters. The van der Waals surface area contributed by atoms with Crippen molar-refractivity contribution in [3.63, 3.8) is 0 Å². The van der Waals surface area contributed by atoms with Crippen LogP contribution in [0.3, 0.4) is 0 Å². The van der Waals surface area contributed by atoms with Crippen LogP contribution in [0.25, 0.3) is 77.3 Å². The van der Waals surface area contributed by atoms with Gasteiger partial charge in [-0.05, 0) is 70.8 Å². The quantitative estimate of drug-likeness (QED) is 0.179. The van der Waals surface area contributed by atoms with Gasteiger partial charge < -0.3 is 13.7 Å². The molecule has 0 N–H and O–H groups in total. The van der Waals surface area contributed by atoms with Gasteiger partial charge in [-0.15, -0.1) is 0 Å². The van der Waals surface area contributed by atoms with Crippen molar-refractivity contribution < 1.29 is 8.83 Å². The van der Waals surface area contributed by atoms with Gasteiger partial charge in [-0.25, -0.2) is 0 Å². The van der Waals surface area contributed by atoms with Crippen molar-refractivity contribution in [1.29, 1.82) is 0 Å². The molecule has 0 aliphatic heterocycles. The second-order valence-corrected chi connectivity index (χ2v) is 12.9. The second kappa shape index (κ2) is 11.9. The predicted molar refractivity (Wildman–Crippen MR) is 212 cm³/mol. The van der Waals surface area contributed by atoms with Crippen LogP contribution >= 0.6 is 0 Å². The standard InChI is InChI=1S/C48H31NO2/c1-3-13-33(14-4-1)37-17-7-10-20-43(37)49(36-26-23-32(24-27-36)35-25-30-46-42(31-35)40-19-9-11-21-44(40)50-46)47-38(34-15-5-2-6-16-34)28-29-41-39-18-8-12-22-45(39)51-48(41)47/h1-31H. The van der Waals surface area contributed by atoms with E-state index in [2.05, 4.69) is 175 Å². The fraction of sp³-hybridized carbons (Fsp3) is 0. The lowest BCUT2D eigenvalue weighted by molar-refractivity contribution is 0.668. The first kappa shape index (κ1) is 29.1. The van der Waals surface area contributed by atoms with Crippen molar-refractivity contribution in [2.45, 2.75) is 0 Å². The average Bonchev–Trinajstić information content (AvgIpc) is 3.77. The van der Waals surface area contributed by atoms with Crippen LogP contribution < -0.4 is 4.90 Å². The molecule has 0 atom stereocenters. The molecule has 2 aromatic heterocycles. The Hall–Kier alpha value is -6.84. The number of anilines is 3. The first-order valence-corrected chi connectivity index (χ1v) is 17.3. The van der Waals surface area contributed by atoms with E-state index in [9.17, 15) is 0 Å². The maximum Gasteiger partial charge on any atom is 0.160 e. The lowest BCUT2D eigenvalue weighted by Crippen LogP contribution is -2.13. The zero-order valence-corrected chi connectivity index (χ0v) is 27.7. The highest BCUT2D eigenvalue weighted by molar-refractivity contribution is 6.14. The second-order valence-electron chi connectivity index (χ2n) is 12.9. The summed E-state index contributed by atoms with van der Waals surface area (Å²) < 4.78 is 13.0. The van der Waals surface area contributed by atoms with Crippen LogP contribution in [0.4, 0.5) is 17.1 Å². The fourth-order valence-corrected chi connectivity index (χ4v) is 7.48. The molecule has 240 valence electrons. The van der Waals surface area contributed by atoms with Gasteiger partial charge in [0.15, 0.2) is 5.58 Å². The molecule has 10 aromatic rings. The Balaban J connectivity index is 1.22. The lowest BCUT2D eigenvalue weighted by atomic mass is 9.96. The largest absolute Gasteiger partial charge is 0.456 e. The van der Waals surface area contributed by atoms with Crippen molar-refractivity contribution in [2.24, 2.45) is 0 Å². The van der Waals surface area contributed by atoms with Gasteiger partial charge in [0.2, 0.25) is 0 Å². The van der Waals surface area contributed by atoms with E-state index in [1.54, 1.807) is 0 Å². The molecule has 0 amide bonds. The van der Waals surface area contributed by atoms with Crippen LogP contribution in [0.5, 0.6) is 0 Å². The maximum absolute atomic E-state index is 6.83. The number of nitrogens with zero attached hydrogens (tertiary/aromatic N) is 1. The number of para-hydroxylation sites is 3. The number of hydrogen-bond acceptors (Lipinski definition) is 3. The molecule has 3 nitrogen and oxygen atoms in total. The van der Waals surface area contributed by atoms with Crippen LogP contribution in [0, 0.1) is 0 Å². The van der Waals surface area contributed by atoms with Gasteiger partial charge in [-0.2, -0.15) is 0 Å². The summed E-state index contributed by atoms with van der Waals surface area (Å²) in [5.74, 6) is 0. The van der Waals surface area contributed by atoms with Gasteiger partial charge in [-0.1, -0.05) is 140 Å². The van der Waals surface area contributed by atoms with Gasteiger partial charge in [-0.3, -0.25) is 0 Å². The summed E-state index contributed by atoms with van der Waals surface area (Å²) in [5, 5.41) is 4.43. The lowest BCUT2D eigenvalue weighted by Gasteiger charge is -2.30. The first-order valence-electron chi connectivity index (χ1n) is 17.3. The van der Waals surface area contributed by atoms with Crippen molar-refractivity contribution in [1.82, 2.24) is 0 Å². The molecule has 0 bridgehead atoms. The van der Waals surface area contributed by atoms with Gasteiger partial charge in [0.1, 0.15) is 16.7 Å². The molecule has 10 rings (SSSR count). The van der Waals surface area contributed by atoms with Crippen LogP contribution in [-0.4, -0.2) is 0 Å². The summed E-state index contributed by atoms with van der Waals surface area (Å²) in [6.07, 6.45) is 0. The van der Waals surface area contributed by atoms with Crippen LogP contribution in [-0.2, 0) is 0 Å². The van der Waals surface area contributed by atoms with Gasteiger partial charge >= 0.3 is 0 Å². The third-order valence-corrected chi connectivity index (χ3v) is 9.89.